The lowest BCUT2D eigenvalue weighted by molar-refractivity contribution is -0.116. The van der Waals surface area contributed by atoms with Crippen molar-refractivity contribution in [2.24, 2.45) is 5.14 Å². The number of aromatic nitrogens is 1. The van der Waals surface area contributed by atoms with E-state index in [1.165, 1.54) is 0 Å². The molecule has 0 aliphatic rings. The van der Waals surface area contributed by atoms with Gasteiger partial charge in [-0.15, -0.1) is 11.3 Å². The molecule has 0 aliphatic carbocycles. The Morgan fingerprint density at radius 3 is 2.62 bits per heavy atom. The highest BCUT2D eigenvalue weighted by Crippen LogP contribution is 2.27. The molecule has 0 radical (unpaired) electrons. The summed E-state index contributed by atoms with van der Waals surface area (Å²) in [4.78, 5) is 27.4. The third-order valence-electron chi connectivity index (χ3n) is 2.92. The molecular formula is C15H20N4O5S2. The largest absolute Gasteiger partial charge is 0.444 e. The van der Waals surface area contributed by atoms with E-state index in [4.69, 9.17) is 9.88 Å². The van der Waals surface area contributed by atoms with Crippen LogP contribution in [0.1, 0.15) is 27.2 Å². The molecule has 1 aromatic carbocycles. The molecule has 26 heavy (non-hydrogen) atoms. The Kier molecular flexibility index (Phi) is 5.84. The van der Waals surface area contributed by atoms with E-state index in [0.717, 1.165) is 11.3 Å². The van der Waals surface area contributed by atoms with Crippen LogP contribution in [0, 0.1) is 0 Å². The molecule has 2 aromatic rings. The first kappa shape index (κ1) is 20.1. The lowest BCUT2D eigenvalue weighted by Crippen LogP contribution is -2.34. The quantitative estimate of drug-likeness (QED) is 0.699. The Bertz CT molecular complexity index is 931. The maximum atomic E-state index is 11.9. The van der Waals surface area contributed by atoms with Crippen LogP contribution in [-0.4, -0.2) is 37.5 Å². The fourth-order valence-electron chi connectivity index (χ4n) is 1.92. The van der Waals surface area contributed by atoms with Gasteiger partial charge in [0.15, 0.2) is 0 Å². The number of sulfonamides is 1. The number of hydrogen-bond donors (Lipinski definition) is 3. The van der Waals surface area contributed by atoms with E-state index in [1.807, 2.05) is 0 Å². The van der Waals surface area contributed by atoms with Crippen molar-refractivity contribution in [2.45, 2.75) is 37.1 Å². The van der Waals surface area contributed by atoms with Crippen molar-refractivity contribution in [3.8, 4) is 0 Å². The van der Waals surface area contributed by atoms with Gasteiger partial charge in [0.2, 0.25) is 10.2 Å². The summed E-state index contributed by atoms with van der Waals surface area (Å²) in [6.07, 6.45) is -0.533. The van der Waals surface area contributed by atoms with Gasteiger partial charge in [0, 0.05) is 18.7 Å². The Labute approximate surface area is 155 Å². The van der Waals surface area contributed by atoms with Gasteiger partial charge in [-0.2, -0.15) is 0 Å². The topological polar surface area (TPSA) is 140 Å². The number of carbonyl (C=O) groups excluding carboxylic acids is 2. The number of primary sulfonamides is 1. The molecule has 1 heterocycles. The zero-order valence-electron chi connectivity index (χ0n) is 14.5. The molecule has 4 N–H and O–H groups in total. The van der Waals surface area contributed by atoms with Crippen molar-refractivity contribution in [2.75, 3.05) is 11.9 Å². The van der Waals surface area contributed by atoms with Crippen LogP contribution in [0.15, 0.2) is 22.5 Å². The zero-order chi connectivity index (χ0) is 19.5. The highest BCUT2D eigenvalue weighted by molar-refractivity contribution is 7.91. The van der Waals surface area contributed by atoms with E-state index in [-0.39, 0.29) is 23.2 Å². The molecule has 0 atom stereocenters. The SMILES string of the molecule is CC(C)(C)OC(=O)NCCC(=O)Nc1ccc2nc(S(N)(=O)=O)sc2c1. The van der Waals surface area contributed by atoms with Gasteiger partial charge in [-0.1, -0.05) is 0 Å². The Hall–Kier alpha value is -2.24. The molecule has 142 valence electrons. The number of fused-ring (bicyclic) bond motifs is 1. The zero-order valence-corrected chi connectivity index (χ0v) is 16.2. The summed E-state index contributed by atoms with van der Waals surface area (Å²) in [5, 5.41) is 10.2. The first-order valence-electron chi connectivity index (χ1n) is 7.64. The minimum absolute atomic E-state index is 0.0579. The molecule has 0 aliphatic heterocycles. The summed E-state index contributed by atoms with van der Waals surface area (Å²) in [7, 11) is -3.87. The van der Waals surface area contributed by atoms with Crippen molar-refractivity contribution in [1.82, 2.24) is 10.3 Å². The Morgan fingerprint density at radius 1 is 1.31 bits per heavy atom. The number of hydrogen-bond acceptors (Lipinski definition) is 7. The average molecular weight is 400 g/mol. The second-order valence-corrected chi connectivity index (χ2v) is 9.20. The molecule has 9 nitrogen and oxygen atoms in total. The normalized spacial score (nSPS) is 12.0. The third kappa shape index (κ3) is 5.93. The van der Waals surface area contributed by atoms with E-state index in [9.17, 15) is 18.0 Å². The molecule has 2 amide bonds. The fourth-order valence-corrected chi connectivity index (χ4v) is 3.61. The summed E-state index contributed by atoms with van der Waals surface area (Å²) >= 11 is 0.924. The minimum atomic E-state index is -3.87. The number of ether oxygens (including phenoxy) is 1. The molecule has 2 rings (SSSR count). The number of amides is 2. The number of anilines is 1. The van der Waals surface area contributed by atoms with Gasteiger partial charge in [0.25, 0.3) is 10.0 Å². The van der Waals surface area contributed by atoms with Crippen molar-refractivity contribution < 1.29 is 22.7 Å². The minimum Gasteiger partial charge on any atom is -0.444 e. The van der Waals surface area contributed by atoms with Crippen LogP contribution in [0.25, 0.3) is 10.2 Å². The highest BCUT2D eigenvalue weighted by Gasteiger charge is 2.17. The summed E-state index contributed by atoms with van der Waals surface area (Å²) < 4.78 is 28.1. The highest BCUT2D eigenvalue weighted by atomic mass is 32.2. The van der Waals surface area contributed by atoms with Crippen LogP contribution >= 0.6 is 11.3 Å². The summed E-state index contributed by atoms with van der Waals surface area (Å²) in [6, 6.07) is 4.81. The van der Waals surface area contributed by atoms with E-state index in [2.05, 4.69) is 15.6 Å². The summed E-state index contributed by atoms with van der Waals surface area (Å²) in [6.45, 7) is 5.36. The molecule has 0 spiro atoms. The Balaban J connectivity index is 1.92. The first-order chi connectivity index (χ1) is 11.9. The van der Waals surface area contributed by atoms with Gasteiger partial charge < -0.3 is 15.4 Å². The summed E-state index contributed by atoms with van der Waals surface area (Å²) in [5.41, 5.74) is 0.361. The molecule has 0 saturated carbocycles. The molecule has 0 fully saturated rings. The van der Waals surface area contributed by atoms with Gasteiger partial charge in [-0.3, -0.25) is 4.79 Å². The van der Waals surface area contributed by atoms with Gasteiger partial charge >= 0.3 is 6.09 Å². The number of alkyl carbamates (subject to hydrolysis) is 1. The van der Waals surface area contributed by atoms with E-state index in [0.29, 0.717) is 15.9 Å². The number of rotatable bonds is 5. The van der Waals surface area contributed by atoms with Gasteiger partial charge in [0.1, 0.15) is 5.60 Å². The van der Waals surface area contributed by atoms with E-state index < -0.39 is 21.7 Å². The van der Waals surface area contributed by atoms with Gasteiger partial charge in [0.05, 0.1) is 10.2 Å². The number of benzene rings is 1. The van der Waals surface area contributed by atoms with Crippen LogP contribution in [0.3, 0.4) is 0 Å². The molecule has 0 bridgehead atoms. The van der Waals surface area contributed by atoms with Crippen molar-refractivity contribution in [1.29, 1.82) is 0 Å². The average Bonchev–Trinajstić information content (AvgIpc) is 2.88. The molecule has 11 heteroatoms. The van der Waals surface area contributed by atoms with Gasteiger partial charge in [-0.25, -0.2) is 23.3 Å². The monoisotopic (exact) mass is 400 g/mol. The standard InChI is InChI=1S/C15H20N4O5S2/c1-15(2,3)24-13(21)17-7-6-12(20)18-9-4-5-10-11(8-9)25-14(19-10)26(16,22)23/h4-5,8H,6-7H2,1-3H3,(H,17,21)(H,18,20)(H2,16,22,23). The maximum absolute atomic E-state index is 11.9. The number of nitrogens with one attached hydrogen (secondary N) is 2. The molecule has 0 unspecified atom stereocenters. The second kappa shape index (κ2) is 7.56. The van der Waals surface area contributed by atoms with Crippen molar-refractivity contribution in [3.05, 3.63) is 18.2 Å². The molecular weight excluding hydrogens is 380 g/mol. The number of carbonyl (C=O) groups is 2. The smallest absolute Gasteiger partial charge is 0.407 e. The lowest BCUT2D eigenvalue weighted by atomic mass is 10.2. The number of nitrogens with zero attached hydrogens (tertiary/aromatic N) is 1. The predicted octanol–water partition coefficient (Wildman–Crippen LogP) is 1.80. The second-order valence-electron chi connectivity index (χ2n) is 6.43. The van der Waals surface area contributed by atoms with Gasteiger partial charge in [-0.05, 0) is 39.0 Å². The van der Waals surface area contributed by atoms with E-state index >= 15 is 0 Å². The first-order valence-corrected chi connectivity index (χ1v) is 10.0. The lowest BCUT2D eigenvalue weighted by Gasteiger charge is -2.19. The van der Waals surface area contributed by atoms with Crippen LogP contribution in [0.4, 0.5) is 10.5 Å². The van der Waals surface area contributed by atoms with E-state index in [1.54, 1.807) is 39.0 Å². The van der Waals surface area contributed by atoms with Crippen LogP contribution in [0.5, 0.6) is 0 Å². The predicted molar refractivity (Wildman–Crippen MR) is 98.5 cm³/mol. The van der Waals surface area contributed by atoms with Crippen LogP contribution in [0.2, 0.25) is 0 Å². The number of nitrogens with two attached hydrogens (primary N) is 1. The number of thiazole rings is 1. The fraction of sp³-hybridized carbons (Fsp3) is 0.400. The van der Waals surface area contributed by atoms with Crippen molar-refractivity contribution in [3.63, 3.8) is 0 Å². The van der Waals surface area contributed by atoms with Crippen LogP contribution in [-0.2, 0) is 19.6 Å². The van der Waals surface area contributed by atoms with Crippen molar-refractivity contribution >= 4 is 49.3 Å². The maximum Gasteiger partial charge on any atom is 0.407 e. The Morgan fingerprint density at radius 2 is 2.00 bits per heavy atom. The summed E-state index contributed by atoms with van der Waals surface area (Å²) in [5.74, 6) is -0.309. The third-order valence-corrected chi connectivity index (χ3v) is 5.25. The van der Waals surface area contributed by atoms with Crippen LogP contribution < -0.4 is 15.8 Å². The molecule has 0 saturated heterocycles. The molecule has 1 aromatic heterocycles.